The van der Waals surface area contributed by atoms with Crippen LogP contribution in [0.1, 0.15) is 33.3 Å². The molecule has 7 heteroatoms. The Morgan fingerprint density at radius 2 is 1.83 bits per heavy atom. The number of alkyl carbamates (subject to hydrolysis) is 1. The van der Waals surface area contributed by atoms with Crippen LogP contribution in [0.15, 0.2) is 18.2 Å². The van der Waals surface area contributed by atoms with E-state index in [1.165, 1.54) is 6.92 Å². The summed E-state index contributed by atoms with van der Waals surface area (Å²) in [7, 11) is 0. The molecule has 2 unspecified atom stereocenters. The number of carbonyl (C=O) groups excluding carboxylic acids is 2. The molecule has 0 fully saturated rings. The zero-order valence-corrected chi connectivity index (χ0v) is 14.3. The van der Waals surface area contributed by atoms with Gasteiger partial charge in [-0.1, -0.05) is 19.9 Å². The van der Waals surface area contributed by atoms with Crippen LogP contribution in [0.3, 0.4) is 0 Å². The molecule has 1 aliphatic heterocycles. The average Bonchev–Trinajstić information content (AvgIpc) is 2.93. The summed E-state index contributed by atoms with van der Waals surface area (Å²) in [6, 6.07) is 5.49. The van der Waals surface area contributed by atoms with Gasteiger partial charge in [-0.25, -0.2) is 4.79 Å². The molecule has 0 aliphatic carbocycles. The second-order valence-corrected chi connectivity index (χ2v) is 6.00. The van der Waals surface area contributed by atoms with Crippen LogP contribution in [0, 0.1) is 5.92 Å². The first-order valence-corrected chi connectivity index (χ1v) is 7.91. The number of esters is 1. The molecular weight excluding hydrogens is 314 g/mol. The number of amides is 1. The van der Waals surface area contributed by atoms with Gasteiger partial charge in [0.25, 0.3) is 0 Å². The van der Waals surface area contributed by atoms with Gasteiger partial charge >= 0.3 is 12.1 Å². The maximum Gasteiger partial charge on any atom is 0.410 e. The Balaban J connectivity index is 1.78. The first-order chi connectivity index (χ1) is 11.3. The molecular formula is C17H23NO6. The predicted molar refractivity (Wildman–Crippen MR) is 85.7 cm³/mol. The number of nitrogens with one attached hydrogen (secondary N) is 1. The molecule has 24 heavy (non-hydrogen) atoms. The van der Waals surface area contributed by atoms with Crippen LogP contribution in [-0.4, -0.2) is 31.2 Å². The third-order valence-electron chi connectivity index (χ3n) is 3.37. The summed E-state index contributed by atoms with van der Waals surface area (Å²) in [5.74, 6) is 0.740. The van der Waals surface area contributed by atoms with Crippen LogP contribution in [0.2, 0.25) is 0 Å². The van der Waals surface area contributed by atoms with Crippen molar-refractivity contribution < 1.29 is 28.5 Å². The predicted octanol–water partition coefficient (Wildman–Crippen LogP) is 2.62. The molecule has 0 saturated carbocycles. The fourth-order valence-electron chi connectivity index (χ4n) is 2.18. The second kappa shape index (κ2) is 7.90. The number of hydrogen-bond acceptors (Lipinski definition) is 6. The molecule has 132 valence electrons. The normalized spacial score (nSPS) is 14.9. The van der Waals surface area contributed by atoms with Crippen LogP contribution >= 0.6 is 0 Å². The minimum absolute atomic E-state index is 0.161. The van der Waals surface area contributed by atoms with Crippen molar-refractivity contribution in [2.75, 3.05) is 6.79 Å². The largest absolute Gasteiger partial charge is 0.454 e. The van der Waals surface area contributed by atoms with E-state index in [0.29, 0.717) is 12.2 Å². The Morgan fingerprint density at radius 1 is 1.12 bits per heavy atom. The molecule has 1 aromatic carbocycles. The lowest BCUT2D eigenvalue weighted by molar-refractivity contribution is -0.168. The lowest BCUT2D eigenvalue weighted by Gasteiger charge is -2.18. The van der Waals surface area contributed by atoms with Crippen molar-refractivity contribution in [1.29, 1.82) is 0 Å². The Kier molecular flexibility index (Phi) is 5.89. The monoisotopic (exact) mass is 337 g/mol. The molecule has 0 saturated heterocycles. The third kappa shape index (κ3) is 5.04. The van der Waals surface area contributed by atoms with Gasteiger partial charge in [0, 0.05) is 13.0 Å². The van der Waals surface area contributed by atoms with Gasteiger partial charge in [-0.3, -0.25) is 4.79 Å². The van der Waals surface area contributed by atoms with Gasteiger partial charge in [-0.05, 0) is 31.0 Å². The van der Waals surface area contributed by atoms with Gasteiger partial charge in [0.15, 0.2) is 11.5 Å². The van der Waals surface area contributed by atoms with Crippen LogP contribution < -0.4 is 14.8 Å². The number of ether oxygens (including phenoxy) is 4. The summed E-state index contributed by atoms with van der Waals surface area (Å²) < 4.78 is 20.6. The third-order valence-corrected chi connectivity index (χ3v) is 3.37. The van der Waals surface area contributed by atoms with Crippen molar-refractivity contribution in [2.45, 2.75) is 46.4 Å². The lowest BCUT2D eigenvalue weighted by atomic mass is 10.1. The molecule has 2 rings (SSSR count). The SMILES string of the molecule is CC(Cc1ccc2c(c1)OCO2)NC(=O)OC(C)OC(=O)C(C)C. The second-order valence-electron chi connectivity index (χ2n) is 6.00. The number of hydrogen-bond donors (Lipinski definition) is 1. The molecule has 1 aromatic rings. The van der Waals surface area contributed by atoms with Crippen LogP contribution in [-0.2, 0) is 20.7 Å². The van der Waals surface area contributed by atoms with E-state index in [1.54, 1.807) is 13.8 Å². The highest BCUT2D eigenvalue weighted by Crippen LogP contribution is 2.32. The number of fused-ring (bicyclic) bond motifs is 1. The first kappa shape index (κ1) is 17.9. The van der Waals surface area contributed by atoms with E-state index in [1.807, 2.05) is 25.1 Å². The molecule has 1 heterocycles. The Morgan fingerprint density at radius 3 is 2.54 bits per heavy atom. The van der Waals surface area contributed by atoms with Gasteiger partial charge in [0.1, 0.15) is 0 Å². The van der Waals surface area contributed by atoms with Gasteiger partial charge < -0.3 is 24.3 Å². The van der Waals surface area contributed by atoms with Crippen LogP contribution in [0.5, 0.6) is 11.5 Å². The fraction of sp³-hybridized carbons (Fsp3) is 0.529. The molecule has 1 amide bonds. The first-order valence-electron chi connectivity index (χ1n) is 7.91. The van der Waals surface area contributed by atoms with Crippen molar-refractivity contribution >= 4 is 12.1 Å². The minimum atomic E-state index is -0.933. The van der Waals surface area contributed by atoms with Crippen LogP contribution in [0.4, 0.5) is 4.79 Å². The van der Waals surface area contributed by atoms with Gasteiger partial charge in [-0.15, -0.1) is 0 Å². The number of benzene rings is 1. The van der Waals surface area contributed by atoms with Crippen molar-refractivity contribution in [3.63, 3.8) is 0 Å². The highest BCUT2D eigenvalue weighted by molar-refractivity contribution is 5.72. The molecule has 7 nitrogen and oxygen atoms in total. The highest BCUT2D eigenvalue weighted by Gasteiger charge is 2.18. The average molecular weight is 337 g/mol. The number of rotatable bonds is 6. The summed E-state index contributed by atoms with van der Waals surface area (Å²) in [5.41, 5.74) is 1.01. The van der Waals surface area contributed by atoms with E-state index in [2.05, 4.69) is 5.32 Å². The highest BCUT2D eigenvalue weighted by atomic mass is 16.7. The van der Waals surface area contributed by atoms with E-state index in [9.17, 15) is 9.59 Å². The van der Waals surface area contributed by atoms with Gasteiger partial charge in [0.05, 0.1) is 5.92 Å². The zero-order chi connectivity index (χ0) is 17.7. The van der Waals surface area contributed by atoms with Gasteiger partial charge in [-0.2, -0.15) is 0 Å². The van der Waals surface area contributed by atoms with Crippen molar-refractivity contribution in [2.24, 2.45) is 5.92 Å². The standard InChI is InChI=1S/C17H23NO6/c1-10(2)16(19)23-12(4)24-17(20)18-11(3)7-13-5-6-14-15(8-13)22-9-21-14/h5-6,8,10-12H,7,9H2,1-4H3,(H,18,20). The summed E-state index contributed by atoms with van der Waals surface area (Å²) in [5, 5.41) is 2.70. The fourth-order valence-corrected chi connectivity index (χ4v) is 2.18. The maximum absolute atomic E-state index is 11.8. The minimum Gasteiger partial charge on any atom is -0.454 e. The zero-order valence-electron chi connectivity index (χ0n) is 14.3. The van der Waals surface area contributed by atoms with E-state index in [-0.39, 0.29) is 18.8 Å². The molecule has 0 radical (unpaired) electrons. The molecule has 1 aliphatic rings. The van der Waals surface area contributed by atoms with Crippen LogP contribution in [0.25, 0.3) is 0 Å². The quantitative estimate of drug-likeness (QED) is 0.635. The van der Waals surface area contributed by atoms with E-state index in [0.717, 1.165) is 11.3 Å². The van der Waals surface area contributed by atoms with E-state index >= 15 is 0 Å². The summed E-state index contributed by atoms with van der Waals surface area (Å²) >= 11 is 0. The van der Waals surface area contributed by atoms with Gasteiger partial charge in [0.2, 0.25) is 13.1 Å². The molecule has 0 aromatic heterocycles. The molecule has 0 spiro atoms. The molecule has 1 N–H and O–H groups in total. The van der Waals surface area contributed by atoms with E-state index in [4.69, 9.17) is 18.9 Å². The van der Waals surface area contributed by atoms with Crippen molar-refractivity contribution in [1.82, 2.24) is 5.32 Å². The molecule has 0 bridgehead atoms. The summed E-state index contributed by atoms with van der Waals surface area (Å²) in [4.78, 5) is 23.3. The van der Waals surface area contributed by atoms with E-state index < -0.39 is 18.4 Å². The Hall–Kier alpha value is -2.44. The lowest BCUT2D eigenvalue weighted by Crippen LogP contribution is -2.37. The smallest absolute Gasteiger partial charge is 0.410 e. The maximum atomic E-state index is 11.8. The topological polar surface area (TPSA) is 83.1 Å². The summed E-state index contributed by atoms with van der Waals surface area (Å²) in [6.07, 6.45) is -0.962. The van der Waals surface area contributed by atoms with Crippen molar-refractivity contribution in [3.05, 3.63) is 23.8 Å². The Labute approximate surface area is 141 Å². The molecule has 2 atom stereocenters. The number of carbonyl (C=O) groups is 2. The van der Waals surface area contributed by atoms with Crippen molar-refractivity contribution in [3.8, 4) is 11.5 Å². The Bertz CT molecular complexity index is 601. The summed E-state index contributed by atoms with van der Waals surface area (Å²) in [6.45, 7) is 7.01.